The van der Waals surface area contributed by atoms with Crippen LogP contribution in [0.15, 0.2) is 16.7 Å². The Morgan fingerprint density at radius 1 is 1.43 bits per heavy atom. The molecule has 6 heteroatoms. The van der Waals surface area contributed by atoms with Gasteiger partial charge in [-0.1, -0.05) is 0 Å². The molecule has 2 nitrogen and oxygen atoms in total. The molecule has 0 unspecified atom stereocenters. The first kappa shape index (κ1) is 9.76. The first-order chi connectivity index (χ1) is 6.48. The molecule has 2 rings (SSSR count). The molecule has 76 valence electrons. The van der Waals surface area contributed by atoms with Crippen LogP contribution in [0.1, 0.15) is 0 Å². The molecule has 1 aliphatic rings. The summed E-state index contributed by atoms with van der Waals surface area (Å²) in [5.41, 5.74) is 0. The molecule has 2 heterocycles. The van der Waals surface area contributed by atoms with Crippen molar-refractivity contribution in [2.24, 2.45) is 0 Å². The molecule has 1 aromatic rings. The number of pyridine rings is 1. The van der Waals surface area contributed by atoms with E-state index in [9.17, 15) is 13.2 Å². The first-order valence-electron chi connectivity index (χ1n) is 3.92. The van der Waals surface area contributed by atoms with Crippen LogP contribution in [0.3, 0.4) is 0 Å². The summed E-state index contributed by atoms with van der Waals surface area (Å²) >= 11 is 3.04. The van der Waals surface area contributed by atoms with E-state index in [1.165, 1.54) is 17.2 Å². The molecule has 1 aliphatic heterocycles. The summed E-state index contributed by atoms with van der Waals surface area (Å²) in [7, 11) is 0. The van der Waals surface area contributed by atoms with Gasteiger partial charge >= 0.3 is 0 Å². The van der Waals surface area contributed by atoms with Crippen LogP contribution in [0.5, 0.6) is 0 Å². The van der Waals surface area contributed by atoms with Crippen molar-refractivity contribution in [2.75, 3.05) is 18.0 Å². The van der Waals surface area contributed by atoms with E-state index in [1.54, 1.807) is 0 Å². The molecule has 0 amide bonds. The Bertz CT molecular complexity index is 362. The van der Waals surface area contributed by atoms with Crippen molar-refractivity contribution in [3.05, 3.63) is 22.6 Å². The highest BCUT2D eigenvalue weighted by Crippen LogP contribution is 2.32. The summed E-state index contributed by atoms with van der Waals surface area (Å²) in [5, 5.41) is 0. The van der Waals surface area contributed by atoms with Crippen molar-refractivity contribution in [3.63, 3.8) is 0 Å². The fourth-order valence-electron chi connectivity index (χ4n) is 1.30. The van der Waals surface area contributed by atoms with E-state index >= 15 is 0 Å². The van der Waals surface area contributed by atoms with Crippen LogP contribution in [0.2, 0.25) is 0 Å². The molecule has 0 aliphatic carbocycles. The van der Waals surface area contributed by atoms with Gasteiger partial charge in [0.05, 0.1) is 13.1 Å². The molecule has 0 radical (unpaired) electrons. The van der Waals surface area contributed by atoms with Gasteiger partial charge in [-0.15, -0.1) is 0 Å². The van der Waals surface area contributed by atoms with Gasteiger partial charge in [0.2, 0.25) is 0 Å². The third-order valence-corrected chi connectivity index (χ3v) is 2.37. The molecule has 14 heavy (non-hydrogen) atoms. The summed E-state index contributed by atoms with van der Waals surface area (Å²) in [4.78, 5) is 4.95. The highest BCUT2D eigenvalue weighted by atomic mass is 79.9. The average molecular weight is 267 g/mol. The lowest BCUT2D eigenvalue weighted by Crippen LogP contribution is -2.57. The monoisotopic (exact) mass is 266 g/mol. The van der Waals surface area contributed by atoms with Crippen LogP contribution < -0.4 is 4.90 Å². The zero-order chi connectivity index (χ0) is 10.3. The summed E-state index contributed by atoms with van der Waals surface area (Å²) in [6, 6.07) is 1.21. The summed E-state index contributed by atoms with van der Waals surface area (Å²) in [5.74, 6) is -3.31. The van der Waals surface area contributed by atoms with E-state index in [-0.39, 0.29) is 5.82 Å². The molecule has 0 N–H and O–H groups in total. The minimum atomic E-state index is -2.71. The van der Waals surface area contributed by atoms with Crippen LogP contribution >= 0.6 is 15.9 Å². The van der Waals surface area contributed by atoms with Crippen LogP contribution in [0, 0.1) is 5.82 Å². The van der Waals surface area contributed by atoms with Gasteiger partial charge in [-0.2, -0.15) is 0 Å². The van der Waals surface area contributed by atoms with Gasteiger partial charge in [0, 0.05) is 10.7 Å². The molecular formula is C8H6BrF3N2. The lowest BCUT2D eigenvalue weighted by molar-refractivity contribution is -0.0270. The van der Waals surface area contributed by atoms with E-state index in [0.29, 0.717) is 4.47 Å². The van der Waals surface area contributed by atoms with Crippen molar-refractivity contribution in [2.45, 2.75) is 5.92 Å². The van der Waals surface area contributed by atoms with Crippen molar-refractivity contribution in [1.29, 1.82) is 0 Å². The zero-order valence-electron chi connectivity index (χ0n) is 6.98. The van der Waals surface area contributed by atoms with Gasteiger partial charge in [0.1, 0.15) is 0 Å². The average Bonchev–Trinajstić information content (AvgIpc) is 2.00. The lowest BCUT2D eigenvalue weighted by Gasteiger charge is -2.39. The number of nitrogens with zero attached hydrogens (tertiary/aromatic N) is 2. The van der Waals surface area contributed by atoms with Gasteiger partial charge in [-0.05, 0) is 22.0 Å². The number of hydrogen-bond acceptors (Lipinski definition) is 2. The molecule has 1 aromatic heterocycles. The van der Waals surface area contributed by atoms with E-state index in [1.807, 2.05) is 0 Å². The van der Waals surface area contributed by atoms with E-state index in [0.717, 1.165) is 0 Å². The first-order valence-corrected chi connectivity index (χ1v) is 4.71. The molecule has 1 fully saturated rings. The van der Waals surface area contributed by atoms with Crippen LogP contribution in [-0.4, -0.2) is 24.0 Å². The second-order valence-corrected chi connectivity index (χ2v) is 4.09. The highest BCUT2D eigenvalue weighted by molar-refractivity contribution is 9.10. The van der Waals surface area contributed by atoms with Gasteiger partial charge in [-0.3, -0.25) is 0 Å². The van der Waals surface area contributed by atoms with Crippen molar-refractivity contribution in [3.8, 4) is 0 Å². The third-order valence-electron chi connectivity index (χ3n) is 1.93. The summed E-state index contributed by atoms with van der Waals surface area (Å²) in [6.45, 7) is -0.920. The van der Waals surface area contributed by atoms with E-state index in [4.69, 9.17) is 0 Å². The van der Waals surface area contributed by atoms with Crippen LogP contribution in [0.25, 0.3) is 0 Å². The maximum absolute atomic E-state index is 13.2. The fraction of sp³-hybridized carbons (Fsp3) is 0.375. The molecule has 0 saturated carbocycles. The Hall–Kier alpha value is -0.780. The number of hydrogen-bond donors (Lipinski definition) is 0. The number of anilines is 1. The molecule has 0 aromatic carbocycles. The smallest absolute Gasteiger partial charge is 0.282 e. The second-order valence-electron chi connectivity index (χ2n) is 3.17. The third kappa shape index (κ3) is 1.70. The minimum Gasteiger partial charge on any atom is -0.342 e. The largest absolute Gasteiger partial charge is 0.342 e. The number of alkyl halides is 2. The molecule has 0 bridgehead atoms. The Kier molecular flexibility index (Phi) is 2.17. The second kappa shape index (κ2) is 3.12. The van der Waals surface area contributed by atoms with E-state index < -0.39 is 24.8 Å². The molecule has 0 spiro atoms. The molecular weight excluding hydrogens is 261 g/mol. The number of rotatable bonds is 1. The van der Waals surface area contributed by atoms with Crippen LogP contribution in [0.4, 0.5) is 19.0 Å². The SMILES string of the molecule is Fc1cc(Br)cnc1N1CC(F)(F)C1. The van der Waals surface area contributed by atoms with Gasteiger partial charge in [0.15, 0.2) is 11.6 Å². The quantitative estimate of drug-likeness (QED) is 0.776. The molecule has 1 saturated heterocycles. The fourth-order valence-corrected chi connectivity index (χ4v) is 1.61. The molecule has 0 atom stereocenters. The normalized spacial score (nSPS) is 19.3. The van der Waals surface area contributed by atoms with Crippen molar-refractivity contribution < 1.29 is 13.2 Å². The standard InChI is InChI=1S/C8H6BrF3N2/c9-5-1-6(10)7(13-2-5)14-3-8(11,12)4-14/h1-2H,3-4H2. The van der Waals surface area contributed by atoms with Gasteiger partial charge in [0.25, 0.3) is 5.92 Å². The lowest BCUT2D eigenvalue weighted by atomic mass is 10.1. The topological polar surface area (TPSA) is 16.1 Å². The van der Waals surface area contributed by atoms with Crippen molar-refractivity contribution in [1.82, 2.24) is 4.98 Å². The van der Waals surface area contributed by atoms with Crippen molar-refractivity contribution >= 4 is 21.7 Å². The van der Waals surface area contributed by atoms with E-state index in [2.05, 4.69) is 20.9 Å². The van der Waals surface area contributed by atoms with Gasteiger partial charge < -0.3 is 4.90 Å². The maximum Gasteiger partial charge on any atom is 0.282 e. The zero-order valence-corrected chi connectivity index (χ0v) is 8.56. The Morgan fingerprint density at radius 2 is 2.07 bits per heavy atom. The highest BCUT2D eigenvalue weighted by Gasteiger charge is 2.45. The van der Waals surface area contributed by atoms with Gasteiger partial charge in [-0.25, -0.2) is 18.2 Å². The number of halogens is 4. The Labute approximate surface area is 86.9 Å². The summed E-state index contributed by atoms with van der Waals surface area (Å²) < 4.78 is 38.7. The predicted octanol–water partition coefficient (Wildman–Crippen LogP) is 2.44. The minimum absolute atomic E-state index is 0.0147. The Balaban J connectivity index is 2.19. The number of aromatic nitrogens is 1. The summed E-state index contributed by atoms with van der Waals surface area (Å²) in [6.07, 6.45) is 1.38. The predicted molar refractivity (Wildman–Crippen MR) is 49.1 cm³/mol. The van der Waals surface area contributed by atoms with Crippen LogP contribution in [-0.2, 0) is 0 Å². The maximum atomic E-state index is 13.2. The Morgan fingerprint density at radius 3 is 2.57 bits per heavy atom.